The van der Waals surface area contributed by atoms with E-state index in [1.54, 1.807) is 19.2 Å². The number of morpholine rings is 1. The molecule has 9 nitrogen and oxygen atoms in total. The fourth-order valence-electron chi connectivity index (χ4n) is 3.33. The summed E-state index contributed by atoms with van der Waals surface area (Å²) in [4.78, 5) is 45.8. The molecule has 0 aliphatic carbocycles. The molecule has 0 spiro atoms. The summed E-state index contributed by atoms with van der Waals surface area (Å²) in [6.45, 7) is 5.93. The molecule has 0 atom stereocenters. The Hall–Kier alpha value is -3.20. The van der Waals surface area contributed by atoms with Crippen molar-refractivity contribution < 1.29 is 23.9 Å². The third-order valence-electron chi connectivity index (χ3n) is 4.77. The number of pyridine rings is 1. The van der Waals surface area contributed by atoms with Crippen LogP contribution in [0.4, 0.5) is 11.5 Å². The van der Waals surface area contributed by atoms with Crippen LogP contribution < -0.4 is 10.2 Å². The van der Waals surface area contributed by atoms with Crippen LogP contribution in [0.2, 0.25) is 0 Å². The molecule has 29 heavy (non-hydrogen) atoms. The molecule has 0 unspecified atom stereocenters. The molecule has 0 radical (unpaired) electrons. The number of amides is 1. The largest absolute Gasteiger partial charge is 0.465 e. The van der Waals surface area contributed by atoms with E-state index in [0.717, 1.165) is 18.9 Å². The maximum Gasteiger partial charge on any atom is 0.339 e. The topological polar surface area (TPSA) is 114 Å². The van der Waals surface area contributed by atoms with Gasteiger partial charge in [0.15, 0.2) is 5.78 Å². The zero-order valence-electron chi connectivity index (χ0n) is 16.7. The number of nitrogens with one attached hydrogen (secondary N) is 2. The molecule has 9 heteroatoms. The van der Waals surface area contributed by atoms with Crippen LogP contribution in [0.1, 0.15) is 39.0 Å². The van der Waals surface area contributed by atoms with Crippen molar-refractivity contribution in [2.45, 2.75) is 20.3 Å². The monoisotopic (exact) mass is 400 g/mol. The second-order valence-electron chi connectivity index (χ2n) is 6.76. The van der Waals surface area contributed by atoms with Crippen LogP contribution in [0.15, 0.2) is 18.3 Å². The summed E-state index contributed by atoms with van der Waals surface area (Å²) in [6.07, 6.45) is 1.48. The number of esters is 1. The summed E-state index contributed by atoms with van der Waals surface area (Å²) in [5, 5.41) is 2.76. The highest BCUT2D eigenvalue weighted by atomic mass is 16.5. The van der Waals surface area contributed by atoms with E-state index in [4.69, 9.17) is 9.47 Å². The molecule has 3 heterocycles. The maximum absolute atomic E-state index is 12.5. The van der Waals surface area contributed by atoms with Crippen molar-refractivity contribution >= 4 is 29.2 Å². The summed E-state index contributed by atoms with van der Waals surface area (Å²) >= 11 is 0. The number of aromatic amines is 1. The molecule has 0 bridgehead atoms. The highest BCUT2D eigenvalue weighted by Gasteiger charge is 2.24. The molecular formula is C20H24N4O5. The van der Waals surface area contributed by atoms with Crippen molar-refractivity contribution in [1.82, 2.24) is 9.97 Å². The van der Waals surface area contributed by atoms with Crippen LogP contribution in [-0.4, -0.2) is 61.0 Å². The molecule has 0 saturated carbocycles. The number of hydrogen-bond acceptors (Lipinski definition) is 7. The van der Waals surface area contributed by atoms with Crippen LogP contribution in [0.3, 0.4) is 0 Å². The Balaban J connectivity index is 1.71. The van der Waals surface area contributed by atoms with Gasteiger partial charge in [-0.3, -0.25) is 9.59 Å². The Labute approximate surface area is 168 Å². The van der Waals surface area contributed by atoms with Gasteiger partial charge in [-0.15, -0.1) is 0 Å². The van der Waals surface area contributed by atoms with Gasteiger partial charge in [-0.05, 0) is 24.6 Å². The van der Waals surface area contributed by atoms with Gasteiger partial charge in [0, 0.05) is 25.7 Å². The Kier molecular flexibility index (Phi) is 6.28. The number of ether oxygens (including phenoxy) is 2. The minimum Gasteiger partial charge on any atom is -0.465 e. The molecule has 1 amide bonds. The number of aromatic nitrogens is 2. The first-order valence-electron chi connectivity index (χ1n) is 9.30. The zero-order valence-corrected chi connectivity index (χ0v) is 16.7. The highest BCUT2D eigenvalue weighted by molar-refractivity contribution is 6.02. The number of ketones is 1. The van der Waals surface area contributed by atoms with Crippen LogP contribution in [0.25, 0.3) is 0 Å². The molecule has 154 valence electrons. The lowest BCUT2D eigenvalue weighted by Crippen LogP contribution is -2.36. The number of rotatable bonds is 6. The predicted molar refractivity (Wildman–Crippen MR) is 106 cm³/mol. The minimum absolute atomic E-state index is 0.107. The molecule has 1 saturated heterocycles. The van der Waals surface area contributed by atoms with E-state index in [-0.39, 0.29) is 23.7 Å². The number of carbonyl (C=O) groups excluding carboxylic acids is 3. The summed E-state index contributed by atoms with van der Waals surface area (Å²) in [5.74, 6) is -0.328. The van der Waals surface area contributed by atoms with E-state index in [1.165, 1.54) is 14.0 Å². The molecule has 3 rings (SSSR count). The van der Waals surface area contributed by atoms with Gasteiger partial charge in [0.25, 0.3) is 0 Å². The van der Waals surface area contributed by atoms with Gasteiger partial charge in [0.2, 0.25) is 5.91 Å². The molecule has 2 aromatic heterocycles. The Morgan fingerprint density at radius 2 is 2.00 bits per heavy atom. The predicted octanol–water partition coefficient (Wildman–Crippen LogP) is 1.73. The molecule has 1 aliphatic heterocycles. The number of H-pyrrole nitrogens is 1. The van der Waals surface area contributed by atoms with Crippen molar-refractivity contribution in [1.29, 1.82) is 0 Å². The SMILES string of the molecule is COC(=O)c1c(CC(=O)Nc2ccc(N3CCOCC3)nc2)[nH]c(C(C)=O)c1C. The van der Waals surface area contributed by atoms with Crippen LogP contribution in [0.5, 0.6) is 0 Å². The van der Waals surface area contributed by atoms with Gasteiger partial charge in [-0.1, -0.05) is 0 Å². The second kappa shape index (κ2) is 8.87. The van der Waals surface area contributed by atoms with Gasteiger partial charge < -0.3 is 24.7 Å². The lowest BCUT2D eigenvalue weighted by atomic mass is 10.1. The van der Waals surface area contributed by atoms with Crippen LogP contribution >= 0.6 is 0 Å². The van der Waals surface area contributed by atoms with E-state index >= 15 is 0 Å². The molecule has 2 aromatic rings. The third-order valence-corrected chi connectivity index (χ3v) is 4.77. The number of hydrogen-bond donors (Lipinski definition) is 2. The second-order valence-corrected chi connectivity index (χ2v) is 6.76. The van der Waals surface area contributed by atoms with Gasteiger partial charge in [0.05, 0.1) is 49.9 Å². The Morgan fingerprint density at radius 1 is 1.28 bits per heavy atom. The van der Waals surface area contributed by atoms with Gasteiger partial charge in [-0.2, -0.15) is 0 Å². The summed E-state index contributed by atoms with van der Waals surface area (Å²) in [7, 11) is 1.26. The summed E-state index contributed by atoms with van der Waals surface area (Å²) in [6, 6.07) is 3.62. The average Bonchev–Trinajstić information content (AvgIpc) is 3.04. The molecule has 0 aromatic carbocycles. The maximum atomic E-state index is 12.5. The number of methoxy groups -OCH3 is 1. The number of anilines is 2. The van der Waals surface area contributed by atoms with E-state index in [2.05, 4.69) is 20.2 Å². The first kappa shape index (κ1) is 20.5. The fraction of sp³-hybridized carbons (Fsp3) is 0.400. The fourth-order valence-corrected chi connectivity index (χ4v) is 3.33. The molecule has 1 fully saturated rings. The number of nitrogens with zero attached hydrogens (tertiary/aromatic N) is 2. The van der Waals surface area contributed by atoms with Crippen molar-refractivity contribution in [3.63, 3.8) is 0 Å². The van der Waals surface area contributed by atoms with Gasteiger partial charge in [-0.25, -0.2) is 9.78 Å². The van der Waals surface area contributed by atoms with E-state index in [9.17, 15) is 14.4 Å². The van der Waals surface area contributed by atoms with Crippen molar-refractivity contribution in [2.24, 2.45) is 0 Å². The van der Waals surface area contributed by atoms with Crippen molar-refractivity contribution in [3.05, 3.63) is 40.8 Å². The third kappa shape index (κ3) is 4.62. The zero-order chi connectivity index (χ0) is 21.0. The van der Waals surface area contributed by atoms with Gasteiger partial charge in [0.1, 0.15) is 5.82 Å². The summed E-state index contributed by atoms with van der Waals surface area (Å²) < 4.78 is 10.1. The highest BCUT2D eigenvalue weighted by Crippen LogP contribution is 2.21. The molecular weight excluding hydrogens is 376 g/mol. The molecule has 2 N–H and O–H groups in total. The lowest BCUT2D eigenvalue weighted by Gasteiger charge is -2.27. The Bertz CT molecular complexity index is 914. The lowest BCUT2D eigenvalue weighted by molar-refractivity contribution is -0.115. The summed E-state index contributed by atoms with van der Waals surface area (Å²) in [5.41, 5.74) is 1.87. The first-order chi connectivity index (χ1) is 13.9. The van der Waals surface area contributed by atoms with Crippen molar-refractivity contribution in [3.8, 4) is 0 Å². The number of carbonyl (C=O) groups is 3. The molecule has 1 aliphatic rings. The standard InChI is InChI=1S/C20H24N4O5/c1-12-18(20(27)28-3)15(23-19(12)13(2)25)10-17(26)22-14-4-5-16(21-11-14)24-6-8-29-9-7-24/h4-5,11,23H,6-10H2,1-3H3,(H,22,26). The van der Waals surface area contributed by atoms with E-state index in [0.29, 0.717) is 35.9 Å². The Morgan fingerprint density at radius 3 is 2.59 bits per heavy atom. The number of Topliss-reactive ketones (excluding diaryl/α,β-unsaturated/α-hetero) is 1. The van der Waals surface area contributed by atoms with E-state index in [1.807, 2.05) is 6.07 Å². The van der Waals surface area contributed by atoms with Crippen LogP contribution in [0, 0.1) is 6.92 Å². The average molecular weight is 400 g/mol. The van der Waals surface area contributed by atoms with Crippen LogP contribution in [-0.2, 0) is 20.7 Å². The van der Waals surface area contributed by atoms with E-state index < -0.39 is 5.97 Å². The van der Waals surface area contributed by atoms with Gasteiger partial charge >= 0.3 is 5.97 Å². The normalized spacial score (nSPS) is 13.8. The first-order valence-corrected chi connectivity index (χ1v) is 9.30. The quantitative estimate of drug-likeness (QED) is 0.561. The smallest absolute Gasteiger partial charge is 0.339 e. The minimum atomic E-state index is -0.592. The van der Waals surface area contributed by atoms with Crippen molar-refractivity contribution in [2.75, 3.05) is 43.6 Å².